The average Bonchev–Trinajstić information content (AvgIpc) is 2.39. The van der Waals surface area contributed by atoms with Crippen molar-refractivity contribution in [3.05, 3.63) is 35.9 Å². The van der Waals surface area contributed by atoms with Gasteiger partial charge in [0.05, 0.1) is 4.75 Å². The quantitative estimate of drug-likeness (QED) is 0.494. The van der Waals surface area contributed by atoms with Crippen LogP contribution < -0.4 is 0 Å². The summed E-state index contributed by atoms with van der Waals surface area (Å²) in [6.07, 6.45) is 5.47. The van der Waals surface area contributed by atoms with Crippen LogP contribution in [0, 0.1) is 0 Å². The fraction of sp³-hybridized carbons (Fsp3) is 0.462. The molecule has 0 N–H and O–H groups in total. The van der Waals surface area contributed by atoms with Crippen molar-refractivity contribution < 1.29 is 4.79 Å². The fourth-order valence-electron chi connectivity index (χ4n) is 2.34. The minimum absolute atomic E-state index is 0.257. The molecule has 0 amide bonds. The van der Waals surface area contributed by atoms with Crippen molar-refractivity contribution in [1.29, 1.82) is 0 Å². The summed E-state index contributed by atoms with van der Waals surface area (Å²) >= 11 is 4.33. The van der Waals surface area contributed by atoms with E-state index < -0.39 is 0 Å². The highest BCUT2D eigenvalue weighted by atomic mass is 33.1. The molecule has 86 valence electrons. The van der Waals surface area contributed by atoms with Crippen molar-refractivity contribution >= 4 is 28.2 Å². The van der Waals surface area contributed by atoms with Crippen molar-refractivity contribution in [2.75, 3.05) is 0 Å². The second kappa shape index (κ2) is 5.28. The van der Waals surface area contributed by atoms with Crippen LogP contribution in [0.15, 0.2) is 30.3 Å². The van der Waals surface area contributed by atoms with Gasteiger partial charge in [-0.05, 0) is 12.8 Å². The SMILES string of the molecule is O=C(c1ccccc1)C1(SS)CCCCC1. The summed E-state index contributed by atoms with van der Waals surface area (Å²) in [6.45, 7) is 0. The Balaban J connectivity index is 2.24. The molecule has 1 saturated carbocycles. The molecule has 0 spiro atoms. The van der Waals surface area contributed by atoms with Gasteiger partial charge in [0.2, 0.25) is 0 Å². The second-order valence-electron chi connectivity index (χ2n) is 4.34. The first-order valence-corrected chi connectivity index (χ1v) is 7.58. The van der Waals surface area contributed by atoms with Gasteiger partial charge in [-0.2, -0.15) is 0 Å². The molecule has 1 fully saturated rings. The third-order valence-electron chi connectivity index (χ3n) is 3.29. The second-order valence-corrected chi connectivity index (χ2v) is 5.85. The molecule has 2 rings (SSSR count). The number of ketones is 1. The predicted octanol–water partition coefficient (Wildman–Crippen LogP) is 4.15. The van der Waals surface area contributed by atoms with E-state index in [0.717, 1.165) is 31.2 Å². The van der Waals surface area contributed by atoms with E-state index in [0.29, 0.717) is 0 Å². The van der Waals surface area contributed by atoms with Crippen LogP contribution >= 0.6 is 22.5 Å². The summed E-state index contributed by atoms with van der Waals surface area (Å²) in [5.41, 5.74) is 0.825. The van der Waals surface area contributed by atoms with E-state index in [9.17, 15) is 4.79 Å². The summed E-state index contributed by atoms with van der Waals surface area (Å²) in [7, 11) is 1.44. The molecule has 0 saturated heterocycles. The van der Waals surface area contributed by atoms with Crippen LogP contribution in [0.4, 0.5) is 0 Å². The summed E-state index contributed by atoms with van der Waals surface area (Å²) in [4.78, 5) is 12.5. The van der Waals surface area contributed by atoms with Crippen LogP contribution in [-0.2, 0) is 0 Å². The fourth-order valence-corrected chi connectivity index (χ4v) is 3.80. The zero-order valence-electron chi connectivity index (χ0n) is 9.19. The van der Waals surface area contributed by atoms with Crippen molar-refractivity contribution in [2.45, 2.75) is 36.9 Å². The number of hydrogen-bond donors (Lipinski definition) is 1. The van der Waals surface area contributed by atoms with Crippen molar-refractivity contribution in [1.82, 2.24) is 0 Å². The van der Waals surface area contributed by atoms with Gasteiger partial charge < -0.3 is 0 Å². The Labute approximate surface area is 106 Å². The number of carbonyl (C=O) groups excluding carboxylic acids is 1. The minimum Gasteiger partial charge on any atom is -0.293 e. The van der Waals surface area contributed by atoms with Crippen LogP contribution in [0.2, 0.25) is 0 Å². The van der Waals surface area contributed by atoms with Gasteiger partial charge in [-0.25, -0.2) is 0 Å². The highest BCUT2D eigenvalue weighted by Gasteiger charge is 2.39. The van der Waals surface area contributed by atoms with Gasteiger partial charge in [-0.15, -0.1) is 11.7 Å². The van der Waals surface area contributed by atoms with Crippen molar-refractivity contribution in [2.24, 2.45) is 0 Å². The maximum absolute atomic E-state index is 12.5. The van der Waals surface area contributed by atoms with Crippen LogP contribution in [0.25, 0.3) is 0 Å². The van der Waals surface area contributed by atoms with Gasteiger partial charge in [0.25, 0.3) is 0 Å². The van der Waals surface area contributed by atoms with E-state index in [4.69, 9.17) is 0 Å². The van der Waals surface area contributed by atoms with Gasteiger partial charge in [0.15, 0.2) is 5.78 Å². The molecule has 0 aliphatic heterocycles. The van der Waals surface area contributed by atoms with Crippen LogP contribution in [0.5, 0.6) is 0 Å². The molecule has 1 nitrogen and oxygen atoms in total. The Bertz CT molecular complexity index is 355. The highest BCUT2D eigenvalue weighted by molar-refractivity contribution is 8.69. The number of benzene rings is 1. The molecular weight excluding hydrogens is 236 g/mol. The third kappa shape index (κ3) is 2.30. The van der Waals surface area contributed by atoms with Crippen LogP contribution in [0.3, 0.4) is 0 Å². The summed E-state index contributed by atoms with van der Waals surface area (Å²) in [5, 5.41) is 0. The van der Waals surface area contributed by atoms with E-state index in [1.54, 1.807) is 0 Å². The summed E-state index contributed by atoms with van der Waals surface area (Å²) < 4.78 is -0.275. The Kier molecular flexibility index (Phi) is 3.98. The molecule has 0 radical (unpaired) electrons. The van der Waals surface area contributed by atoms with Crippen molar-refractivity contribution in [3.8, 4) is 0 Å². The molecule has 0 unspecified atom stereocenters. The highest BCUT2D eigenvalue weighted by Crippen LogP contribution is 2.43. The standard InChI is InChI=1S/C13H16OS2/c14-12(11-7-3-1-4-8-11)13(16-15)9-5-2-6-10-13/h1,3-4,7-8,15H,2,5-6,9-10H2. The van der Waals surface area contributed by atoms with Gasteiger partial charge in [0.1, 0.15) is 0 Å². The first-order valence-electron chi connectivity index (χ1n) is 5.71. The number of thiol groups is 1. The van der Waals surface area contributed by atoms with Crippen molar-refractivity contribution in [3.63, 3.8) is 0 Å². The Morgan fingerprint density at radius 3 is 2.31 bits per heavy atom. The number of rotatable bonds is 3. The first-order chi connectivity index (χ1) is 7.78. The van der Waals surface area contributed by atoms with E-state index in [2.05, 4.69) is 11.7 Å². The lowest BCUT2D eigenvalue weighted by atomic mass is 9.83. The Hall–Kier alpha value is -0.410. The summed E-state index contributed by atoms with van der Waals surface area (Å²) in [6, 6.07) is 9.60. The monoisotopic (exact) mass is 252 g/mol. The van der Waals surface area contributed by atoms with E-state index in [1.807, 2.05) is 30.3 Å². The topological polar surface area (TPSA) is 17.1 Å². The molecule has 1 aromatic rings. The number of carbonyl (C=O) groups is 1. The molecule has 1 aromatic carbocycles. The molecular formula is C13H16OS2. The Morgan fingerprint density at radius 1 is 1.12 bits per heavy atom. The zero-order chi connectivity index (χ0) is 11.4. The maximum Gasteiger partial charge on any atom is 0.179 e. The average molecular weight is 252 g/mol. The first kappa shape index (κ1) is 12.1. The molecule has 1 aliphatic carbocycles. The number of Topliss-reactive ketones (excluding diaryl/α,β-unsaturated/α-hetero) is 1. The van der Waals surface area contributed by atoms with Gasteiger partial charge in [0, 0.05) is 5.56 Å². The molecule has 3 heteroatoms. The van der Waals surface area contributed by atoms with Crippen LogP contribution in [-0.4, -0.2) is 10.5 Å². The van der Waals surface area contributed by atoms with E-state index >= 15 is 0 Å². The minimum atomic E-state index is -0.275. The lowest BCUT2D eigenvalue weighted by molar-refractivity contribution is 0.0920. The van der Waals surface area contributed by atoms with Gasteiger partial charge >= 0.3 is 0 Å². The summed E-state index contributed by atoms with van der Waals surface area (Å²) in [5.74, 6) is 0.257. The molecule has 0 atom stereocenters. The smallest absolute Gasteiger partial charge is 0.179 e. The lowest BCUT2D eigenvalue weighted by Crippen LogP contribution is -2.36. The van der Waals surface area contributed by atoms with E-state index in [1.165, 1.54) is 17.2 Å². The lowest BCUT2D eigenvalue weighted by Gasteiger charge is -2.33. The molecule has 0 bridgehead atoms. The van der Waals surface area contributed by atoms with Crippen LogP contribution in [0.1, 0.15) is 42.5 Å². The third-order valence-corrected chi connectivity index (χ3v) is 5.28. The zero-order valence-corrected chi connectivity index (χ0v) is 10.9. The van der Waals surface area contributed by atoms with Gasteiger partial charge in [-0.3, -0.25) is 4.79 Å². The number of hydrogen-bond acceptors (Lipinski definition) is 3. The molecule has 0 heterocycles. The molecule has 1 aliphatic rings. The van der Waals surface area contributed by atoms with Gasteiger partial charge in [-0.1, -0.05) is 60.4 Å². The molecule has 0 aromatic heterocycles. The maximum atomic E-state index is 12.5. The molecule has 16 heavy (non-hydrogen) atoms. The predicted molar refractivity (Wildman–Crippen MR) is 73.2 cm³/mol. The Morgan fingerprint density at radius 2 is 1.75 bits per heavy atom. The largest absolute Gasteiger partial charge is 0.293 e. The van der Waals surface area contributed by atoms with E-state index in [-0.39, 0.29) is 10.5 Å². The normalized spacial score (nSPS) is 19.3.